The highest BCUT2D eigenvalue weighted by Gasteiger charge is 2.17. The summed E-state index contributed by atoms with van der Waals surface area (Å²) >= 11 is 0. The number of carbonyl (C=O) groups excluding carboxylic acids is 2. The summed E-state index contributed by atoms with van der Waals surface area (Å²) in [5.41, 5.74) is 7.59. The van der Waals surface area contributed by atoms with Crippen LogP contribution in [0.4, 0.5) is 5.82 Å². The average Bonchev–Trinajstić information content (AvgIpc) is 2.59. The molecule has 0 radical (unpaired) electrons. The predicted octanol–water partition coefficient (Wildman–Crippen LogP) is 1.79. The van der Waals surface area contributed by atoms with Crippen LogP contribution in [0.25, 0.3) is 0 Å². The number of aryl methyl sites for hydroxylation is 1. The topological polar surface area (TPSA) is 107 Å². The molecule has 1 aromatic heterocycles. The second kappa shape index (κ2) is 8.05. The van der Waals surface area contributed by atoms with Gasteiger partial charge in [-0.15, -0.1) is 0 Å². The number of ether oxygens (including phenoxy) is 1. The van der Waals surface area contributed by atoms with Crippen molar-refractivity contribution in [2.24, 2.45) is 0 Å². The van der Waals surface area contributed by atoms with Crippen LogP contribution in [0.2, 0.25) is 0 Å². The first-order chi connectivity index (χ1) is 11.5. The standard InChI is InChI=1S/C17H20N4O3/c1-3-13(12-6-4-11(2)5-7-12)21-14(22)10-24-17(23)15-16(18)20-9-8-19-15/h4-9,13H,3,10H2,1-2H3,(H2,18,20)(H,21,22)/t13-/m0/s1. The number of nitrogens with one attached hydrogen (secondary N) is 1. The van der Waals surface area contributed by atoms with Gasteiger partial charge in [0.25, 0.3) is 5.91 Å². The third-order valence-electron chi connectivity index (χ3n) is 3.48. The zero-order valence-corrected chi connectivity index (χ0v) is 13.7. The molecule has 0 bridgehead atoms. The molecule has 1 heterocycles. The molecule has 2 aromatic rings. The van der Waals surface area contributed by atoms with Crippen LogP contribution in [0.15, 0.2) is 36.7 Å². The van der Waals surface area contributed by atoms with Gasteiger partial charge < -0.3 is 15.8 Å². The molecule has 0 aliphatic rings. The lowest BCUT2D eigenvalue weighted by Gasteiger charge is -2.17. The van der Waals surface area contributed by atoms with Gasteiger partial charge in [0.05, 0.1) is 6.04 Å². The van der Waals surface area contributed by atoms with E-state index in [1.807, 2.05) is 38.1 Å². The van der Waals surface area contributed by atoms with Crippen LogP contribution in [0.5, 0.6) is 0 Å². The lowest BCUT2D eigenvalue weighted by atomic mass is 10.0. The van der Waals surface area contributed by atoms with Crippen LogP contribution in [-0.4, -0.2) is 28.5 Å². The molecule has 1 aromatic carbocycles. The first kappa shape index (κ1) is 17.4. The Balaban J connectivity index is 1.91. The van der Waals surface area contributed by atoms with Gasteiger partial charge in [0, 0.05) is 12.4 Å². The quantitative estimate of drug-likeness (QED) is 0.783. The molecule has 0 saturated heterocycles. The molecule has 0 saturated carbocycles. The van der Waals surface area contributed by atoms with Gasteiger partial charge in [-0.2, -0.15) is 0 Å². The number of nitrogens with two attached hydrogens (primary N) is 1. The molecule has 0 unspecified atom stereocenters. The molecule has 3 N–H and O–H groups in total. The van der Waals surface area contributed by atoms with Crippen LogP contribution in [0.3, 0.4) is 0 Å². The van der Waals surface area contributed by atoms with Crippen molar-refractivity contribution < 1.29 is 14.3 Å². The monoisotopic (exact) mass is 328 g/mol. The first-order valence-corrected chi connectivity index (χ1v) is 7.60. The number of hydrogen-bond donors (Lipinski definition) is 2. The van der Waals surface area contributed by atoms with Gasteiger partial charge in [0.15, 0.2) is 18.1 Å². The maximum absolute atomic E-state index is 12.0. The Morgan fingerprint density at radius 2 is 1.88 bits per heavy atom. The maximum Gasteiger partial charge on any atom is 0.361 e. The minimum absolute atomic E-state index is 0.0333. The third-order valence-corrected chi connectivity index (χ3v) is 3.48. The zero-order chi connectivity index (χ0) is 17.5. The number of carbonyl (C=O) groups is 2. The van der Waals surface area contributed by atoms with Gasteiger partial charge in [-0.1, -0.05) is 36.8 Å². The molecule has 0 aliphatic carbocycles. The van der Waals surface area contributed by atoms with E-state index in [2.05, 4.69) is 15.3 Å². The second-order valence-corrected chi connectivity index (χ2v) is 5.31. The fraction of sp³-hybridized carbons (Fsp3) is 0.294. The van der Waals surface area contributed by atoms with Crippen molar-refractivity contribution in [1.29, 1.82) is 0 Å². The van der Waals surface area contributed by atoms with Gasteiger partial charge in [0.1, 0.15) is 0 Å². The Hall–Kier alpha value is -2.96. The van der Waals surface area contributed by atoms with Crippen LogP contribution in [-0.2, 0) is 9.53 Å². The Morgan fingerprint density at radius 3 is 2.50 bits per heavy atom. The average molecular weight is 328 g/mol. The number of hydrogen-bond acceptors (Lipinski definition) is 6. The lowest BCUT2D eigenvalue weighted by molar-refractivity contribution is -0.125. The molecule has 1 atom stereocenters. The van der Waals surface area contributed by atoms with Gasteiger partial charge in [-0.05, 0) is 18.9 Å². The van der Waals surface area contributed by atoms with E-state index < -0.39 is 18.5 Å². The van der Waals surface area contributed by atoms with Gasteiger partial charge in [0.2, 0.25) is 0 Å². The molecule has 0 aliphatic heterocycles. The summed E-state index contributed by atoms with van der Waals surface area (Å²) in [4.78, 5) is 31.4. The van der Waals surface area contributed by atoms with Crippen LogP contribution >= 0.6 is 0 Å². The van der Waals surface area contributed by atoms with E-state index in [4.69, 9.17) is 10.5 Å². The normalized spacial score (nSPS) is 11.6. The van der Waals surface area contributed by atoms with E-state index in [-0.39, 0.29) is 17.6 Å². The molecule has 7 heteroatoms. The van der Waals surface area contributed by atoms with Crippen molar-refractivity contribution in [3.05, 3.63) is 53.5 Å². The SMILES string of the molecule is CC[C@H](NC(=O)COC(=O)c1nccnc1N)c1ccc(C)cc1. The van der Waals surface area contributed by atoms with Crippen molar-refractivity contribution in [1.82, 2.24) is 15.3 Å². The summed E-state index contributed by atoms with van der Waals surface area (Å²) in [5, 5.41) is 2.84. The highest BCUT2D eigenvalue weighted by Crippen LogP contribution is 2.17. The molecule has 0 spiro atoms. The van der Waals surface area contributed by atoms with Crippen molar-refractivity contribution in [3.8, 4) is 0 Å². The summed E-state index contributed by atoms with van der Waals surface area (Å²) in [6.45, 7) is 3.56. The molecule has 126 valence electrons. The zero-order valence-electron chi connectivity index (χ0n) is 13.7. The first-order valence-electron chi connectivity index (χ1n) is 7.60. The highest BCUT2D eigenvalue weighted by atomic mass is 16.5. The van der Waals surface area contributed by atoms with Gasteiger partial charge >= 0.3 is 5.97 Å². The molecule has 0 fully saturated rings. The number of rotatable bonds is 6. The largest absolute Gasteiger partial charge is 0.451 e. The fourth-order valence-electron chi connectivity index (χ4n) is 2.16. The predicted molar refractivity (Wildman–Crippen MR) is 89.1 cm³/mol. The highest BCUT2D eigenvalue weighted by molar-refractivity contribution is 5.93. The number of esters is 1. The van der Waals surface area contributed by atoms with Crippen LogP contribution < -0.4 is 11.1 Å². The van der Waals surface area contributed by atoms with E-state index in [0.29, 0.717) is 0 Å². The molecular weight excluding hydrogens is 308 g/mol. The molecule has 7 nitrogen and oxygen atoms in total. The molecule has 24 heavy (non-hydrogen) atoms. The van der Waals surface area contributed by atoms with E-state index in [1.54, 1.807) is 0 Å². The summed E-state index contributed by atoms with van der Waals surface area (Å²) in [5.74, 6) is -1.20. The summed E-state index contributed by atoms with van der Waals surface area (Å²) in [6, 6.07) is 7.77. The van der Waals surface area contributed by atoms with E-state index in [0.717, 1.165) is 17.5 Å². The number of nitrogen functional groups attached to an aromatic ring is 1. The number of aromatic nitrogens is 2. The summed E-state index contributed by atoms with van der Waals surface area (Å²) < 4.78 is 4.94. The third kappa shape index (κ3) is 4.52. The van der Waals surface area contributed by atoms with Crippen LogP contribution in [0.1, 0.15) is 41.0 Å². The Bertz CT molecular complexity index is 716. The van der Waals surface area contributed by atoms with Crippen molar-refractivity contribution in [2.75, 3.05) is 12.3 Å². The molecule has 2 rings (SSSR count). The Kier molecular flexibility index (Phi) is 5.83. The summed E-state index contributed by atoms with van der Waals surface area (Å²) in [7, 11) is 0. The Labute approximate surface area is 140 Å². The minimum Gasteiger partial charge on any atom is -0.451 e. The molecule has 1 amide bonds. The molecular formula is C17H20N4O3. The minimum atomic E-state index is -0.779. The maximum atomic E-state index is 12.0. The smallest absolute Gasteiger partial charge is 0.361 e. The number of anilines is 1. The lowest BCUT2D eigenvalue weighted by Crippen LogP contribution is -2.32. The van der Waals surface area contributed by atoms with Crippen molar-refractivity contribution in [3.63, 3.8) is 0 Å². The number of benzene rings is 1. The van der Waals surface area contributed by atoms with Crippen molar-refractivity contribution in [2.45, 2.75) is 26.3 Å². The van der Waals surface area contributed by atoms with Gasteiger partial charge in [-0.25, -0.2) is 14.8 Å². The van der Waals surface area contributed by atoms with E-state index in [9.17, 15) is 9.59 Å². The Morgan fingerprint density at radius 1 is 1.21 bits per heavy atom. The van der Waals surface area contributed by atoms with E-state index >= 15 is 0 Å². The van der Waals surface area contributed by atoms with E-state index in [1.165, 1.54) is 12.4 Å². The second-order valence-electron chi connectivity index (χ2n) is 5.31. The van der Waals surface area contributed by atoms with Crippen molar-refractivity contribution >= 4 is 17.7 Å². The fourth-order valence-corrected chi connectivity index (χ4v) is 2.16. The van der Waals surface area contributed by atoms with Crippen LogP contribution in [0, 0.1) is 6.92 Å². The number of amides is 1. The summed E-state index contributed by atoms with van der Waals surface area (Å²) in [6.07, 6.45) is 3.42. The number of nitrogens with zero attached hydrogens (tertiary/aromatic N) is 2. The van der Waals surface area contributed by atoms with Gasteiger partial charge in [-0.3, -0.25) is 4.79 Å².